The van der Waals surface area contributed by atoms with Crippen molar-refractivity contribution in [3.63, 3.8) is 0 Å². The van der Waals surface area contributed by atoms with Crippen LogP contribution in [0.1, 0.15) is 27.5 Å². The third-order valence-electron chi connectivity index (χ3n) is 4.69. The summed E-state index contributed by atoms with van der Waals surface area (Å²) < 4.78 is 74.1. The first kappa shape index (κ1) is 19.9. The molecule has 30 heavy (non-hydrogen) atoms. The Hall–Kier alpha value is -3.37. The van der Waals surface area contributed by atoms with Gasteiger partial charge >= 0.3 is 12.5 Å². The summed E-state index contributed by atoms with van der Waals surface area (Å²) in [4.78, 5) is 26.7. The van der Waals surface area contributed by atoms with Crippen LogP contribution in [0, 0.1) is 0 Å². The van der Waals surface area contributed by atoms with Gasteiger partial charge in [0.1, 0.15) is 6.04 Å². The zero-order chi connectivity index (χ0) is 21.7. The van der Waals surface area contributed by atoms with Crippen LogP contribution in [0.25, 0.3) is 0 Å². The maximum absolute atomic E-state index is 13.4. The number of hydrogen-bond donors (Lipinski definition) is 1. The second kappa shape index (κ2) is 6.85. The molecule has 0 aromatic heterocycles. The number of carbonyl (C=O) groups excluding carboxylic acids is 2. The Morgan fingerprint density at radius 3 is 2.47 bits per heavy atom. The predicted octanol–water partition coefficient (Wildman–Crippen LogP) is 3.34. The molecule has 1 atom stereocenters. The summed E-state index contributed by atoms with van der Waals surface area (Å²) in [5, 5.41) is 2.55. The summed E-state index contributed by atoms with van der Waals surface area (Å²) in [6.45, 7) is 0.0986. The van der Waals surface area contributed by atoms with Gasteiger partial charge in [0.15, 0.2) is 11.5 Å². The highest BCUT2D eigenvalue weighted by atomic mass is 19.4. The van der Waals surface area contributed by atoms with Gasteiger partial charge in [-0.15, -0.1) is 8.78 Å². The number of halogens is 5. The minimum absolute atomic E-state index is 0.0111. The monoisotopic (exact) mass is 428 g/mol. The zero-order valence-corrected chi connectivity index (χ0v) is 15.0. The highest BCUT2D eigenvalue weighted by Crippen LogP contribution is 2.44. The molecular formula is C19H13F5N2O4. The van der Waals surface area contributed by atoms with Crippen molar-refractivity contribution in [2.45, 2.75) is 18.5 Å². The van der Waals surface area contributed by atoms with E-state index in [2.05, 4.69) is 14.8 Å². The zero-order valence-electron chi connectivity index (χ0n) is 15.0. The van der Waals surface area contributed by atoms with Crippen LogP contribution < -0.4 is 14.8 Å². The fraction of sp³-hybridized carbons (Fsp3) is 0.263. The maximum atomic E-state index is 13.4. The molecule has 6 nitrogen and oxygen atoms in total. The molecule has 11 heteroatoms. The first-order chi connectivity index (χ1) is 14.1. The van der Waals surface area contributed by atoms with Crippen LogP contribution in [-0.2, 0) is 11.0 Å². The molecule has 2 amide bonds. The SMILES string of the molecule is O=C1NCCN(C(=O)c2cccc3c2OC(F)(F)O3)C1c1ccc(C(F)(F)F)cc1. The molecule has 0 spiro atoms. The predicted molar refractivity (Wildman–Crippen MR) is 90.9 cm³/mol. The van der Waals surface area contributed by atoms with Gasteiger partial charge in [0.25, 0.3) is 5.91 Å². The van der Waals surface area contributed by atoms with Crippen LogP contribution in [0.15, 0.2) is 42.5 Å². The van der Waals surface area contributed by atoms with Gasteiger partial charge in [-0.2, -0.15) is 13.2 Å². The largest absolute Gasteiger partial charge is 0.586 e. The normalized spacial score (nSPS) is 20.1. The summed E-state index contributed by atoms with van der Waals surface area (Å²) in [6, 6.07) is 6.31. The molecule has 0 saturated carbocycles. The van der Waals surface area contributed by atoms with Gasteiger partial charge in [-0.05, 0) is 29.8 Å². The molecule has 0 bridgehead atoms. The average Bonchev–Trinajstić information content (AvgIpc) is 3.00. The van der Waals surface area contributed by atoms with E-state index in [1.807, 2.05) is 0 Å². The minimum atomic E-state index is -4.56. The summed E-state index contributed by atoms with van der Waals surface area (Å²) in [7, 11) is 0. The van der Waals surface area contributed by atoms with Crippen LogP contribution in [-0.4, -0.2) is 36.1 Å². The number of alkyl halides is 5. The number of rotatable bonds is 2. The molecule has 0 aliphatic carbocycles. The Balaban J connectivity index is 1.69. The van der Waals surface area contributed by atoms with E-state index in [4.69, 9.17) is 0 Å². The number of nitrogens with one attached hydrogen (secondary N) is 1. The topological polar surface area (TPSA) is 67.9 Å². The van der Waals surface area contributed by atoms with E-state index in [0.717, 1.165) is 29.2 Å². The summed E-state index contributed by atoms with van der Waals surface area (Å²) >= 11 is 0. The number of amides is 2. The van der Waals surface area contributed by atoms with E-state index in [9.17, 15) is 31.5 Å². The smallest absolute Gasteiger partial charge is 0.395 e. The van der Waals surface area contributed by atoms with E-state index in [-0.39, 0.29) is 30.0 Å². The molecule has 2 aliphatic rings. The first-order valence-electron chi connectivity index (χ1n) is 8.71. The lowest BCUT2D eigenvalue weighted by Gasteiger charge is -2.35. The Kier molecular flexibility index (Phi) is 4.55. The number of benzene rings is 2. The molecule has 0 radical (unpaired) electrons. The Morgan fingerprint density at radius 2 is 1.80 bits per heavy atom. The van der Waals surface area contributed by atoms with Gasteiger partial charge in [0.05, 0.1) is 11.1 Å². The van der Waals surface area contributed by atoms with Crippen LogP contribution >= 0.6 is 0 Å². The lowest BCUT2D eigenvalue weighted by Crippen LogP contribution is -2.52. The number of carbonyl (C=O) groups is 2. The molecule has 2 aromatic rings. The fourth-order valence-corrected chi connectivity index (χ4v) is 3.36. The van der Waals surface area contributed by atoms with E-state index < -0.39 is 41.6 Å². The maximum Gasteiger partial charge on any atom is 0.586 e. The number of piperazine rings is 1. The second-order valence-corrected chi connectivity index (χ2v) is 6.61. The lowest BCUT2D eigenvalue weighted by molar-refractivity contribution is -0.286. The van der Waals surface area contributed by atoms with Crippen molar-refractivity contribution in [2.75, 3.05) is 13.1 Å². The van der Waals surface area contributed by atoms with Crippen molar-refractivity contribution in [3.8, 4) is 11.5 Å². The molecule has 2 heterocycles. The van der Waals surface area contributed by atoms with Crippen molar-refractivity contribution in [1.29, 1.82) is 0 Å². The van der Waals surface area contributed by atoms with Crippen molar-refractivity contribution in [3.05, 3.63) is 59.2 Å². The summed E-state index contributed by atoms with van der Waals surface area (Å²) in [6.07, 6.45) is -8.50. The molecule has 2 aliphatic heterocycles. The van der Waals surface area contributed by atoms with Gasteiger partial charge in [-0.1, -0.05) is 18.2 Å². The highest BCUT2D eigenvalue weighted by Gasteiger charge is 2.46. The van der Waals surface area contributed by atoms with Crippen molar-refractivity contribution < 1.29 is 41.0 Å². The van der Waals surface area contributed by atoms with E-state index >= 15 is 0 Å². The number of para-hydroxylation sites is 1. The number of ether oxygens (including phenoxy) is 2. The van der Waals surface area contributed by atoms with Crippen molar-refractivity contribution in [1.82, 2.24) is 10.2 Å². The molecule has 2 aromatic carbocycles. The second-order valence-electron chi connectivity index (χ2n) is 6.61. The van der Waals surface area contributed by atoms with Crippen LogP contribution in [0.3, 0.4) is 0 Å². The van der Waals surface area contributed by atoms with Crippen LogP contribution in [0.5, 0.6) is 11.5 Å². The molecular weight excluding hydrogens is 415 g/mol. The van der Waals surface area contributed by atoms with E-state index in [0.29, 0.717) is 0 Å². The molecule has 1 unspecified atom stereocenters. The minimum Gasteiger partial charge on any atom is -0.395 e. The fourth-order valence-electron chi connectivity index (χ4n) is 3.36. The molecule has 4 rings (SSSR count). The van der Waals surface area contributed by atoms with E-state index in [1.54, 1.807) is 0 Å². The molecule has 1 N–H and O–H groups in total. The Bertz CT molecular complexity index is 1010. The lowest BCUT2D eigenvalue weighted by atomic mass is 9.99. The van der Waals surface area contributed by atoms with Gasteiger partial charge < -0.3 is 19.7 Å². The standard InChI is InChI=1S/C19H13F5N2O4/c20-18(21,22)11-6-4-10(5-7-11)14-16(27)25-8-9-26(14)17(28)12-2-1-3-13-15(12)30-19(23,24)29-13/h1-7,14H,8-9H2,(H,25,27). The molecule has 158 valence electrons. The quantitative estimate of drug-likeness (QED) is 0.746. The Morgan fingerprint density at radius 1 is 1.10 bits per heavy atom. The van der Waals surface area contributed by atoms with Crippen LogP contribution in [0.4, 0.5) is 22.0 Å². The summed E-state index contributed by atoms with van der Waals surface area (Å²) in [5.74, 6) is -2.21. The van der Waals surface area contributed by atoms with Crippen molar-refractivity contribution in [2.24, 2.45) is 0 Å². The van der Waals surface area contributed by atoms with Crippen molar-refractivity contribution >= 4 is 11.8 Å². The first-order valence-corrected chi connectivity index (χ1v) is 8.71. The van der Waals surface area contributed by atoms with Gasteiger partial charge in [-0.25, -0.2) is 0 Å². The number of hydrogen-bond acceptors (Lipinski definition) is 4. The van der Waals surface area contributed by atoms with Gasteiger partial charge in [-0.3, -0.25) is 9.59 Å². The molecule has 1 fully saturated rings. The third-order valence-corrected chi connectivity index (χ3v) is 4.69. The highest BCUT2D eigenvalue weighted by molar-refractivity contribution is 6.01. The van der Waals surface area contributed by atoms with E-state index in [1.165, 1.54) is 18.2 Å². The van der Waals surface area contributed by atoms with Crippen LogP contribution in [0.2, 0.25) is 0 Å². The number of fused-ring (bicyclic) bond motifs is 1. The van der Waals surface area contributed by atoms with Gasteiger partial charge in [0, 0.05) is 13.1 Å². The number of nitrogens with zero attached hydrogens (tertiary/aromatic N) is 1. The Labute approximate surface area is 166 Å². The molecule has 1 saturated heterocycles. The van der Waals surface area contributed by atoms with Gasteiger partial charge in [0.2, 0.25) is 5.91 Å². The summed E-state index contributed by atoms with van der Waals surface area (Å²) in [5.41, 5.74) is -1.02. The third kappa shape index (κ3) is 3.51. The average molecular weight is 428 g/mol.